The molecule has 1 saturated heterocycles. The maximum Gasteiger partial charge on any atom is 0.243 e. The lowest BCUT2D eigenvalue weighted by Gasteiger charge is -2.35. The van der Waals surface area contributed by atoms with Gasteiger partial charge in [-0.1, -0.05) is 41.4 Å². The molecule has 3 rings (SSSR count). The standard InChI is InChI=1S/C17H19Cl2NO2S/c18-14-5-7-15(8-6-14)23(21,22)20-11-9-13(10-12-20)16-3-1-2-4-17(16)19/h1,3-8,13,16H,2,9-12H2. The van der Waals surface area contributed by atoms with Gasteiger partial charge >= 0.3 is 0 Å². The predicted molar refractivity (Wildman–Crippen MR) is 94.1 cm³/mol. The zero-order valence-electron chi connectivity index (χ0n) is 12.7. The van der Waals surface area contributed by atoms with Crippen molar-refractivity contribution in [3.8, 4) is 0 Å². The van der Waals surface area contributed by atoms with Crippen molar-refractivity contribution in [3.63, 3.8) is 0 Å². The quantitative estimate of drug-likeness (QED) is 0.736. The van der Waals surface area contributed by atoms with E-state index >= 15 is 0 Å². The Balaban J connectivity index is 1.69. The van der Waals surface area contributed by atoms with Crippen LogP contribution in [0.2, 0.25) is 5.02 Å². The molecule has 1 aliphatic carbocycles. The van der Waals surface area contributed by atoms with Crippen molar-refractivity contribution in [2.45, 2.75) is 24.2 Å². The van der Waals surface area contributed by atoms with Crippen molar-refractivity contribution in [2.24, 2.45) is 11.8 Å². The maximum atomic E-state index is 12.7. The van der Waals surface area contributed by atoms with Gasteiger partial charge in [-0.2, -0.15) is 4.31 Å². The lowest BCUT2D eigenvalue weighted by atomic mass is 9.82. The van der Waals surface area contributed by atoms with E-state index in [1.807, 2.05) is 6.08 Å². The van der Waals surface area contributed by atoms with Crippen molar-refractivity contribution in [1.29, 1.82) is 0 Å². The van der Waals surface area contributed by atoms with Crippen LogP contribution in [0.4, 0.5) is 0 Å². The number of rotatable bonds is 3. The highest BCUT2D eigenvalue weighted by Gasteiger charge is 2.33. The molecule has 124 valence electrons. The first-order valence-electron chi connectivity index (χ1n) is 7.76. The summed E-state index contributed by atoms with van der Waals surface area (Å²) in [5.41, 5.74) is 0. The van der Waals surface area contributed by atoms with E-state index in [0.29, 0.717) is 28.9 Å². The summed E-state index contributed by atoms with van der Waals surface area (Å²) in [6, 6.07) is 6.34. The first kappa shape index (κ1) is 17.0. The first-order valence-corrected chi connectivity index (χ1v) is 9.96. The van der Waals surface area contributed by atoms with E-state index in [-0.39, 0.29) is 5.92 Å². The van der Waals surface area contributed by atoms with Crippen LogP contribution < -0.4 is 0 Å². The summed E-state index contributed by atoms with van der Waals surface area (Å²) < 4.78 is 26.9. The number of hydrogen-bond donors (Lipinski definition) is 0. The second kappa shape index (κ2) is 6.98. The van der Waals surface area contributed by atoms with Gasteiger partial charge in [0.15, 0.2) is 0 Å². The molecule has 1 heterocycles. The molecule has 0 bridgehead atoms. The number of halogens is 2. The molecule has 2 aliphatic rings. The monoisotopic (exact) mass is 371 g/mol. The molecule has 1 fully saturated rings. The maximum absolute atomic E-state index is 12.7. The molecule has 23 heavy (non-hydrogen) atoms. The Hall–Kier alpha value is -0.810. The topological polar surface area (TPSA) is 37.4 Å². The molecule has 0 radical (unpaired) electrons. The molecule has 0 N–H and O–H groups in total. The van der Waals surface area contributed by atoms with E-state index < -0.39 is 10.0 Å². The van der Waals surface area contributed by atoms with Crippen LogP contribution in [-0.2, 0) is 10.0 Å². The van der Waals surface area contributed by atoms with E-state index in [2.05, 4.69) is 12.2 Å². The minimum Gasteiger partial charge on any atom is -0.207 e. The number of allylic oxidation sites excluding steroid dienone is 4. The van der Waals surface area contributed by atoms with Crippen molar-refractivity contribution in [2.75, 3.05) is 13.1 Å². The Bertz CT molecular complexity index is 717. The second-order valence-corrected chi connectivity index (χ2v) is 8.78. The van der Waals surface area contributed by atoms with Crippen LogP contribution in [0.5, 0.6) is 0 Å². The molecule has 1 aliphatic heterocycles. The normalized spacial score (nSPS) is 23.7. The zero-order valence-corrected chi connectivity index (χ0v) is 15.0. The molecule has 0 saturated carbocycles. The van der Waals surface area contributed by atoms with E-state index in [1.165, 1.54) is 0 Å². The summed E-state index contributed by atoms with van der Waals surface area (Å²) >= 11 is 12.2. The number of benzene rings is 1. The van der Waals surface area contributed by atoms with E-state index in [1.54, 1.807) is 28.6 Å². The Morgan fingerprint density at radius 2 is 1.70 bits per heavy atom. The highest BCUT2D eigenvalue weighted by atomic mass is 35.5. The van der Waals surface area contributed by atoms with Crippen molar-refractivity contribution < 1.29 is 8.42 Å². The molecule has 0 amide bonds. The molecule has 0 aromatic heterocycles. The van der Waals surface area contributed by atoms with E-state index in [0.717, 1.165) is 24.3 Å². The van der Waals surface area contributed by atoms with Gasteiger partial charge in [-0.3, -0.25) is 0 Å². The molecule has 1 aromatic rings. The van der Waals surface area contributed by atoms with Crippen LogP contribution in [0.1, 0.15) is 19.3 Å². The second-order valence-electron chi connectivity index (χ2n) is 5.97. The Labute approximate surface area is 147 Å². The highest BCUT2D eigenvalue weighted by molar-refractivity contribution is 7.89. The number of nitrogens with zero attached hydrogens (tertiary/aromatic N) is 1. The molecular weight excluding hydrogens is 353 g/mol. The summed E-state index contributed by atoms with van der Waals surface area (Å²) in [7, 11) is -3.44. The molecule has 6 heteroatoms. The van der Waals surface area contributed by atoms with Crippen LogP contribution in [-0.4, -0.2) is 25.8 Å². The minimum atomic E-state index is -3.44. The van der Waals surface area contributed by atoms with Gasteiger partial charge in [0.2, 0.25) is 10.0 Å². The summed E-state index contributed by atoms with van der Waals surface area (Å²) in [5.74, 6) is 0.651. The lowest BCUT2D eigenvalue weighted by molar-refractivity contribution is 0.248. The average molecular weight is 372 g/mol. The first-order chi connectivity index (χ1) is 11.0. The van der Waals surface area contributed by atoms with Crippen molar-refractivity contribution in [1.82, 2.24) is 4.31 Å². The molecule has 1 unspecified atom stereocenters. The third-order valence-electron chi connectivity index (χ3n) is 4.57. The minimum absolute atomic E-state index is 0.241. The third kappa shape index (κ3) is 3.66. The molecule has 3 nitrogen and oxygen atoms in total. The summed E-state index contributed by atoms with van der Waals surface area (Å²) in [6.45, 7) is 1.06. The Morgan fingerprint density at radius 1 is 1.04 bits per heavy atom. The van der Waals surface area contributed by atoms with Gasteiger partial charge in [0.05, 0.1) is 4.90 Å². The largest absolute Gasteiger partial charge is 0.243 e. The van der Waals surface area contributed by atoms with Gasteiger partial charge in [-0.25, -0.2) is 8.42 Å². The number of sulfonamides is 1. The van der Waals surface area contributed by atoms with E-state index in [4.69, 9.17) is 23.2 Å². The van der Waals surface area contributed by atoms with Crippen LogP contribution in [0.25, 0.3) is 0 Å². The summed E-state index contributed by atoms with van der Waals surface area (Å²) in [5, 5.41) is 1.43. The SMILES string of the molecule is O=S(=O)(c1ccc(Cl)cc1)N1CCC(C2C=CCC=C2Cl)CC1. The highest BCUT2D eigenvalue weighted by Crippen LogP contribution is 2.36. The van der Waals surface area contributed by atoms with Gasteiger partial charge in [-0.15, -0.1) is 0 Å². The molecule has 0 spiro atoms. The van der Waals surface area contributed by atoms with Gasteiger partial charge in [0.1, 0.15) is 0 Å². The fourth-order valence-corrected chi connectivity index (χ4v) is 5.18. The number of hydrogen-bond acceptors (Lipinski definition) is 2. The summed E-state index contributed by atoms with van der Waals surface area (Å²) in [4.78, 5) is 0.302. The van der Waals surface area contributed by atoms with Gasteiger partial charge in [0, 0.05) is 29.1 Å². The van der Waals surface area contributed by atoms with Gasteiger partial charge < -0.3 is 0 Å². The molecular formula is C17H19Cl2NO2S. The Morgan fingerprint density at radius 3 is 2.30 bits per heavy atom. The number of piperidine rings is 1. The molecule has 1 aromatic carbocycles. The predicted octanol–water partition coefficient (Wildman–Crippen LogP) is 4.44. The van der Waals surface area contributed by atoms with Gasteiger partial charge in [0.25, 0.3) is 0 Å². The fourth-order valence-electron chi connectivity index (χ4n) is 3.25. The fraction of sp³-hybridized carbons (Fsp3) is 0.412. The van der Waals surface area contributed by atoms with Crippen molar-refractivity contribution in [3.05, 3.63) is 52.5 Å². The third-order valence-corrected chi connectivity index (χ3v) is 7.14. The van der Waals surface area contributed by atoms with Gasteiger partial charge in [-0.05, 0) is 49.4 Å². The van der Waals surface area contributed by atoms with Crippen molar-refractivity contribution >= 4 is 33.2 Å². The zero-order chi connectivity index (χ0) is 16.4. The van der Waals surface area contributed by atoms with Crippen LogP contribution in [0, 0.1) is 11.8 Å². The smallest absolute Gasteiger partial charge is 0.207 e. The Kier molecular flexibility index (Phi) is 5.16. The lowest BCUT2D eigenvalue weighted by Crippen LogP contribution is -2.40. The summed E-state index contributed by atoms with van der Waals surface area (Å²) in [6.07, 6.45) is 8.88. The van der Waals surface area contributed by atoms with Crippen LogP contribution >= 0.6 is 23.2 Å². The molecule has 1 atom stereocenters. The van der Waals surface area contributed by atoms with Crippen LogP contribution in [0.15, 0.2) is 52.4 Å². The van der Waals surface area contributed by atoms with Crippen LogP contribution in [0.3, 0.4) is 0 Å². The van der Waals surface area contributed by atoms with E-state index in [9.17, 15) is 8.42 Å². The average Bonchev–Trinajstić information content (AvgIpc) is 2.56.